The summed E-state index contributed by atoms with van der Waals surface area (Å²) < 4.78 is 18.8. The highest BCUT2D eigenvalue weighted by atomic mass is 32.1. The lowest BCUT2D eigenvalue weighted by Crippen LogP contribution is -2.34. The van der Waals surface area contributed by atoms with Crippen molar-refractivity contribution in [3.63, 3.8) is 0 Å². The summed E-state index contributed by atoms with van der Waals surface area (Å²) in [6.07, 6.45) is -0.589. The van der Waals surface area contributed by atoms with Crippen molar-refractivity contribution in [2.24, 2.45) is 0 Å². The number of hydrogen-bond acceptors (Lipinski definition) is 4. The summed E-state index contributed by atoms with van der Waals surface area (Å²) in [5.74, 6) is -0.238. The molecule has 3 aromatic rings. The number of halogens is 1. The van der Waals surface area contributed by atoms with E-state index in [0.717, 1.165) is 17.7 Å². The monoisotopic (exact) mass is 385 g/mol. The predicted octanol–water partition coefficient (Wildman–Crippen LogP) is 4.47. The van der Waals surface area contributed by atoms with Gasteiger partial charge >= 0.3 is 0 Å². The Labute approximate surface area is 163 Å². The van der Waals surface area contributed by atoms with Crippen molar-refractivity contribution in [2.45, 2.75) is 25.8 Å². The van der Waals surface area contributed by atoms with Gasteiger partial charge in [0.05, 0.1) is 19.3 Å². The minimum Gasteiger partial charge on any atom is -0.389 e. The molecule has 0 radical (unpaired) electrons. The van der Waals surface area contributed by atoms with Gasteiger partial charge in [-0.2, -0.15) is 0 Å². The SMILES string of the molecule is O[C@H](COCc1ccccc1)CN(Cc1ccc(F)cc1)Cc1cccs1. The third-order valence-corrected chi connectivity index (χ3v) is 5.03. The van der Waals surface area contributed by atoms with Crippen LogP contribution in [0.1, 0.15) is 16.0 Å². The Hall–Kier alpha value is -2.05. The molecule has 0 fully saturated rings. The van der Waals surface area contributed by atoms with E-state index in [1.54, 1.807) is 23.5 Å². The standard InChI is InChI=1S/C22H24FNO2S/c23-20-10-8-18(9-11-20)13-24(15-22-7-4-12-27-22)14-21(25)17-26-16-19-5-2-1-3-6-19/h1-12,21,25H,13-17H2/t21-/m0/s1. The smallest absolute Gasteiger partial charge is 0.123 e. The second kappa shape index (κ2) is 10.3. The summed E-state index contributed by atoms with van der Waals surface area (Å²) in [6, 6.07) is 20.5. The van der Waals surface area contributed by atoms with Crippen LogP contribution in [-0.4, -0.2) is 29.3 Å². The summed E-state index contributed by atoms with van der Waals surface area (Å²) in [5, 5.41) is 12.5. The van der Waals surface area contributed by atoms with Crippen LogP contribution in [0.25, 0.3) is 0 Å². The zero-order valence-corrected chi connectivity index (χ0v) is 15.9. The van der Waals surface area contributed by atoms with E-state index in [9.17, 15) is 9.50 Å². The fourth-order valence-electron chi connectivity index (χ4n) is 2.89. The Bertz CT molecular complexity index is 778. The number of aliphatic hydroxyl groups is 1. The molecule has 0 saturated carbocycles. The van der Waals surface area contributed by atoms with Gasteiger partial charge in [0.1, 0.15) is 5.82 Å². The maximum atomic E-state index is 13.2. The van der Waals surface area contributed by atoms with Crippen LogP contribution in [0.5, 0.6) is 0 Å². The van der Waals surface area contributed by atoms with Gasteiger partial charge in [0.25, 0.3) is 0 Å². The van der Waals surface area contributed by atoms with Crippen LogP contribution in [0.3, 0.4) is 0 Å². The normalized spacial score (nSPS) is 12.4. The van der Waals surface area contributed by atoms with Gasteiger partial charge in [-0.3, -0.25) is 4.90 Å². The van der Waals surface area contributed by atoms with Crippen molar-refractivity contribution in [3.8, 4) is 0 Å². The fraction of sp³-hybridized carbons (Fsp3) is 0.273. The summed E-state index contributed by atoms with van der Waals surface area (Å²) in [7, 11) is 0. The van der Waals surface area contributed by atoms with Gasteiger partial charge in [-0.15, -0.1) is 11.3 Å². The third-order valence-electron chi connectivity index (χ3n) is 4.17. The van der Waals surface area contributed by atoms with E-state index in [2.05, 4.69) is 11.0 Å². The Morgan fingerprint density at radius 1 is 0.926 bits per heavy atom. The van der Waals surface area contributed by atoms with Crippen LogP contribution in [0.15, 0.2) is 72.1 Å². The van der Waals surface area contributed by atoms with Crippen LogP contribution in [0, 0.1) is 5.82 Å². The van der Waals surface area contributed by atoms with Gasteiger partial charge in [-0.1, -0.05) is 48.5 Å². The molecule has 0 amide bonds. The zero-order valence-electron chi connectivity index (χ0n) is 15.1. The molecule has 3 rings (SSSR count). The topological polar surface area (TPSA) is 32.7 Å². The maximum Gasteiger partial charge on any atom is 0.123 e. The van der Waals surface area contributed by atoms with Crippen LogP contribution < -0.4 is 0 Å². The average molecular weight is 386 g/mol. The minimum absolute atomic E-state index is 0.238. The van der Waals surface area contributed by atoms with E-state index in [-0.39, 0.29) is 12.4 Å². The molecule has 142 valence electrons. The molecular weight excluding hydrogens is 361 g/mol. The molecule has 5 heteroatoms. The molecule has 1 atom stereocenters. The molecule has 0 unspecified atom stereocenters. The Kier molecular flexibility index (Phi) is 7.54. The molecule has 0 aliphatic carbocycles. The van der Waals surface area contributed by atoms with Crippen molar-refractivity contribution < 1.29 is 14.2 Å². The molecule has 27 heavy (non-hydrogen) atoms. The van der Waals surface area contributed by atoms with Crippen molar-refractivity contribution in [2.75, 3.05) is 13.2 Å². The number of thiophene rings is 1. The number of nitrogens with zero attached hydrogens (tertiary/aromatic N) is 1. The lowest BCUT2D eigenvalue weighted by Gasteiger charge is -2.25. The molecule has 0 aliphatic heterocycles. The van der Waals surface area contributed by atoms with Crippen molar-refractivity contribution in [1.82, 2.24) is 4.90 Å². The first-order chi connectivity index (χ1) is 13.2. The van der Waals surface area contributed by atoms with E-state index in [0.29, 0.717) is 19.7 Å². The third kappa shape index (κ3) is 6.88. The maximum absolute atomic E-state index is 13.2. The Balaban J connectivity index is 1.53. The lowest BCUT2D eigenvalue weighted by atomic mass is 10.2. The number of hydrogen-bond donors (Lipinski definition) is 1. The molecule has 1 N–H and O–H groups in total. The van der Waals surface area contributed by atoms with E-state index in [1.165, 1.54) is 17.0 Å². The van der Waals surface area contributed by atoms with E-state index in [1.807, 2.05) is 41.8 Å². The van der Waals surface area contributed by atoms with Gasteiger partial charge in [0.2, 0.25) is 0 Å². The van der Waals surface area contributed by atoms with Crippen molar-refractivity contribution in [3.05, 3.63) is 93.9 Å². The van der Waals surface area contributed by atoms with E-state index < -0.39 is 6.10 Å². The first-order valence-corrected chi connectivity index (χ1v) is 9.86. The molecule has 2 aromatic carbocycles. The van der Waals surface area contributed by atoms with Crippen LogP contribution >= 0.6 is 11.3 Å². The summed E-state index contributed by atoms with van der Waals surface area (Å²) in [6.45, 7) is 2.64. The molecule has 0 bridgehead atoms. The Morgan fingerprint density at radius 2 is 1.70 bits per heavy atom. The van der Waals surface area contributed by atoms with Gasteiger partial charge in [0.15, 0.2) is 0 Å². The van der Waals surface area contributed by atoms with Crippen LogP contribution in [-0.2, 0) is 24.4 Å². The number of benzene rings is 2. The zero-order chi connectivity index (χ0) is 18.9. The van der Waals surface area contributed by atoms with E-state index in [4.69, 9.17) is 4.74 Å². The molecule has 1 heterocycles. The second-order valence-corrected chi connectivity index (χ2v) is 7.56. The van der Waals surface area contributed by atoms with Crippen molar-refractivity contribution in [1.29, 1.82) is 0 Å². The highest BCUT2D eigenvalue weighted by Gasteiger charge is 2.14. The van der Waals surface area contributed by atoms with Gasteiger partial charge in [-0.05, 0) is 34.7 Å². The largest absolute Gasteiger partial charge is 0.389 e. The van der Waals surface area contributed by atoms with Crippen molar-refractivity contribution >= 4 is 11.3 Å². The highest BCUT2D eigenvalue weighted by molar-refractivity contribution is 7.09. The lowest BCUT2D eigenvalue weighted by molar-refractivity contribution is 0.00728. The quantitative estimate of drug-likeness (QED) is 0.559. The molecule has 0 spiro atoms. The summed E-state index contributed by atoms with van der Waals surface area (Å²) in [5.41, 5.74) is 2.11. The molecule has 0 aliphatic rings. The van der Waals surface area contributed by atoms with Gasteiger partial charge in [0, 0.05) is 24.5 Å². The fourth-order valence-corrected chi connectivity index (χ4v) is 3.64. The number of rotatable bonds is 10. The average Bonchev–Trinajstić information content (AvgIpc) is 3.17. The first kappa shape index (κ1) is 19.7. The van der Waals surface area contributed by atoms with Crippen LogP contribution in [0.2, 0.25) is 0 Å². The van der Waals surface area contributed by atoms with Crippen LogP contribution in [0.4, 0.5) is 4.39 Å². The van der Waals surface area contributed by atoms with Gasteiger partial charge < -0.3 is 9.84 Å². The summed E-state index contributed by atoms with van der Waals surface area (Å²) >= 11 is 1.69. The van der Waals surface area contributed by atoms with Gasteiger partial charge in [-0.25, -0.2) is 4.39 Å². The molecular formula is C22H24FNO2S. The highest BCUT2D eigenvalue weighted by Crippen LogP contribution is 2.15. The van der Waals surface area contributed by atoms with E-state index >= 15 is 0 Å². The molecule has 3 nitrogen and oxygen atoms in total. The number of ether oxygens (including phenoxy) is 1. The summed E-state index contributed by atoms with van der Waals surface area (Å²) in [4.78, 5) is 3.39. The minimum atomic E-state index is -0.589. The second-order valence-electron chi connectivity index (χ2n) is 6.53. The molecule has 1 aromatic heterocycles. The predicted molar refractivity (Wildman–Crippen MR) is 107 cm³/mol. The Morgan fingerprint density at radius 3 is 2.41 bits per heavy atom. The number of aliphatic hydroxyl groups excluding tert-OH is 1. The first-order valence-electron chi connectivity index (χ1n) is 8.98. The molecule has 0 saturated heterocycles.